The summed E-state index contributed by atoms with van der Waals surface area (Å²) in [4.78, 5) is 25.4. The molecule has 2 saturated heterocycles. The number of benzene rings is 1. The topological polar surface area (TPSA) is 96.6 Å². The molecule has 2 aliphatic rings. The van der Waals surface area contributed by atoms with Gasteiger partial charge < -0.3 is 25.6 Å². The van der Waals surface area contributed by atoms with Gasteiger partial charge in [-0.2, -0.15) is 9.97 Å². The number of hydrogen-bond acceptors (Lipinski definition) is 7. The first-order chi connectivity index (χ1) is 14.4. The lowest BCUT2D eigenvalue weighted by Gasteiger charge is -2.29. The van der Waals surface area contributed by atoms with Crippen molar-refractivity contribution < 1.29 is 9.53 Å². The lowest BCUT2D eigenvalue weighted by molar-refractivity contribution is -0.130. The number of likely N-dealkylation sites (tertiary alicyclic amines) is 1. The normalized spacial score (nSPS) is 23.0. The summed E-state index contributed by atoms with van der Waals surface area (Å²) < 4.78 is 5.30. The molecule has 2 aliphatic heterocycles. The maximum Gasteiger partial charge on any atom is 0.223 e. The minimum Gasteiger partial charge on any atom is -0.497 e. The van der Waals surface area contributed by atoms with Crippen LogP contribution in [-0.2, 0) is 4.79 Å². The van der Waals surface area contributed by atoms with E-state index in [1.54, 1.807) is 14.0 Å². The van der Waals surface area contributed by atoms with Crippen LogP contribution < -0.4 is 20.7 Å². The molecule has 1 amide bonds. The largest absolute Gasteiger partial charge is 0.497 e. The highest BCUT2D eigenvalue weighted by atomic mass is 16.5. The van der Waals surface area contributed by atoms with E-state index < -0.39 is 0 Å². The number of rotatable bonds is 5. The van der Waals surface area contributed by atoms with Gasteiger partial charge in [0.15, 0.2) is 0 Å². The minimum absolute atomic E-state index is 0.0517. The second-order valence-electron chi connectivity index (χ2n) is 8.49. The molecule has 0 aliphatic carbocycles. The van der Waals surface area contributed by atoms with Gasteiger partial charge in [-0.1, -0.05) is 12.1 Å². The average Bonchev–Trinajstić information content (AvgIpc) is 3.25. The highest BCUT2D eigenvalue weighted by Gasteiger charge is 2.48. The molecule has 4 rings (SSSR count). The summed E-state index contributed by atoms with van der Waals surface area (Å²) >= 11 is 0. The SMILES string of the molecule is COc1ccc([C@H]2[C@@H]3CN(c4cc(NC(C)C)nc(N)n4)C[C@@H]3CN2C(C)=O)cc1. The quantitative estimate of drug-likeness (QED) is 0.782. The molecule has 0 saturated carbocycles. The Morgan fingerprint density at radius 3 is 2.57 bits per heavy atom. The molecule has 0 unspecified atom stereocenters. The van der Waals surface area contributed by atoms with Crippen molar-refractivity contribution in [1.82, 2.24) is 14.9 Å². The van der Waals surface area contributed by atoms with Crippen LogP contribution in [0, 0.1) is 11.8 Å². The zero-order valence-electron chi connectivity index (χ0n) is 18.0. The Hall–Kier alpha value is -3.03. The fraction of sp³-hybridized carbons (Fsp3) is 0.500. The Labute approximate surface area is 177 Å². The van der Waals surface area contributed by atoms with Gasteiger partial charge in [0, 0.05) is 50.5 Å². The van der Waals surface area contributed by atoms with E-state index in [0.29, 0.717) is 11.8 Å². The molecule has 30 heavy (non-hydrogen) atoms. The van der Waals surface area contributed by atoms with Gasteiger partial charge in [-0.25, -0.2) is 0 Å². The number of carbonyl (C=O) groups is 1. The van der Waals surface area contributed by atoms with Gasteiger partial charge in [-0.15, -0.1) is 0 Å². The van der Waals surface area contributed by atoms with Gasteiger partial charge in [0.2, 0.25) is 11.9 Å². The number of ether oxygens (including phenoxy) is 1. The molecule has 0 radical (unpaired) electrons. The first-order valence-corrected chi connectivity index (χ1v) is 10.4. The molecule has 8 heteroatoms. The predicted molar refractivity (Wildman–Crippen MR) is 118 cm³/mol. The van der Waals surface area contributed by atoms with E-state index in [1.165, 1.54) is 0 Å². The number of fused-ring (bicyclic) bond motifs is 1. The second-order valence-corrected chi connectivity index (χ2v) is 8.49. The van der Waals surface area contributed by atoms with Crippen LogP contribution in [0.2, 0.25) is 0 Å². The maximum absolute atomic E-state index is 12.4. The molecule has 2 aromatic rings. The number of nitrogens with one attached hydrogen (secondary N) is 1. The summed E-state index contributed by atoms with van der Waals surface area (Å²) in [6, 6.07) is 10.3. The van der Waals surface area contributed by atoms with Crippen LogP contribution in [0.5, 0.6) is 5.75 Å². The van der Waals surface area contributed by atoms with Crippen LogP contribution in [0.15, 0.2) is 30.3 Å². The first-order valence-electron chi connectivity index (χ1n) is 10.4. The molecule has 3 heterocycles. The Morgan fingerprint density at radius 1 is 1.20 bits per heavy atom. The van der Waals surface area contributed by atoms with Crippen LogP contribution in [0.4, 0.5) is 17.6 Å². The van der Waals surface area contributed by atoms with Gasteiger partial charge in [-0.05, 0) is 31.5 Å². The smallest absolute Gasteiger partial charge is 0.223 e. The summed E-state index contributed by atoms with van der Waals surface area (Å²) in [5.74, 6) is 3.50. The summed E-state index contributed by atoms with van der Waals surface area (Å²) in [5.41, 5.74) is 7.12. The molecule has 1 aromatic carbocycles. The zero-order valence-corrected chi connectivity index (χ0v) is 18.0. The van der Waals surface area contributed by atoms with Crippen molar-refractivity contribution in [2.24, 2.45) is 11.8 Å². The number of carbonyl (C=O) groups excluding carboxylic acids is 1. The van der Waals surface area contributed by atoms with Crippen molar-refractivity contribution in [2.45, 2.75) is 32.9 Å². The molecule has 160 valence electrons. The predicted octanol–water partition coefficient (Wildman–Crippen LogP) is 2.54. The van der Waals surface area contributed by atoms with Crippen LogP contribution in [-0.4, -0.2) is 53.6 Å². The second kappa shape index (κ2) is 8.01. The molecule has 3 N–H and O–H groups in total. The van der Waals surface area contributed by atoms with Crippen LogP contribution >= 0.6 is 0 Å². The highest BCUT2D eigenvalue weighted by Crippen LogP contribution is 2.46. The minimum atomic E-state index is 0.0517. The number of hydrogen-bond donors (Lipinski definition) is 2. The monoisotopic (exact) mass is 410 g/mol. The summed E-state index contributed by atoms with van der Waals surface area (Å²) in [6.07, 6.45) is 0. The first kappa shape index (κ1) is 20.3. The number of nitrogens with two attached hydrogens (primary N) is 1. The van der Waals surface area contributed by atoms with Crippen molar-refractivity contribution in [3.63, 3.8) is 0 Å². The lowest BCUT2D eigenvalue weighted by Crippen LogP contribution is -2.34. The van der Waals surface area contributed by atoms with Gasteiger partial charge in [-0.3, -0.25) is 4.79 Å². The van der Waals surface area contributed by atoms with Crippen molar-refractivity contribution in [3.8, 4) is 5.75 Å². The number of aromatic nitrogens is 2. The van der Waals surface area contributed by atoms with Crippen molar-refractivity contribution in [1.29, 1.82) is 0 Å². The van der Waals surface area contributed by atoms with E-state index in [0.717, 1.165) is 42.6 Å². The van der Waals surface area contributed by atoms with Gasteiger partial charge >= 0.3 is 0 Å². The molecule has 1 aromatic heterocycles. The number of methoxy groups -OCH3 is 1. The Morgan fingerprint density at radius 2 is 1.93 bits per heavy atom. The van der Waals surface area contributed by atoms with Crippen LogP contribution in [0.1, 0.15) is 32.4 Å². The van der Waals surface area contributed by atoms with Crippen LogP contribution in [0.3, 0.4) is 0 Å². The fourth-order valence-corrected chi connectivity index (χ4v) is 4.77. The van der Waals surface area contributed by atoms with E-state index >= 15 is 0 Å². The molecule has 0 bridgehead atoms. The average molecular weight is 411 g/mol. The summed E-state index contributed by atoms with van der Waals surface area (Å²) in [7, 11) is 1.66. The third kappa shape index (κ3) is 3.86. The Balaban J connectivity index is 1.60. The molecule has 3 atom stereocenters. The molecule has 0 spiro atoms. The van der Waals surface area contributed by atoms with E-state index in [4.69, 9.17) is 10.5 Å². The number of nitrogen functional groups attached to an aromatic ring is 1. The summed E-state index contributed by atoms with van der Waals surface area (Å²) in [6.45, 7) is 8.21. The van der Waals surface area contributed by atoms with E-state index in [2.05, 4.69) is 46.2 Å². The molecular formula is C22H30N6O2. The van der Waals surface area contributed by atoms with E-state index in [-0.39, 0.29) is 23.9 Å². The third-order valence-corrected chi connectivity index (χ3v) is 6.02. The summed E-state index contributed by atoms with van der Waals surface area (Å²) in [5, 5.41) is 3.30. The van der Waals surface area contributed by atoms with E-state index in [1.807, 2.05) is 23.1 Å². The van der Waals surface area contributed by atoms with E-state index in [9.17, 15) is 4.79 Å². The Kier molecular flexibility index (Phi) is 5.40. The van der Waals surface area contributed by atoms with Crippen molar-refractivity contribution in [2.75, 3.05) is 42.7 Å². The van der Waals surface area contributed by atoms with Crippen LogP contribution in [0.25, 0.3) is 0 Å². The fourth-order valence-electron chi connectivity index (χ4n) is 4.77. The molecular weight excluding hydrogens is 380 g/mol. The molecule has 8 nitrogen and oxygen atoms in total. The standard InChI is InChI=1S/C22H30N6O2/c1-13(2)24-19-9-20(26-22(23)25-19)27-10-16-11-28(14(3)29)21(18(16)12-27)15-5-7-17(30-4)8-6-15/h5-9,13,16,18,21H,10-12H2,1-4H3,(H3,23,24,25,26)/t16-,18-,21+/m1/s1. The van der Waals surface area contributed by atoms with Crippen molar-refractivity contribution in [3.05, 3.63) is 35.9 Å². The third-order valence-electron chi connectivity index (χ3n) is 6.02. The molecule has 2 fully saturated rings. The van der Waals surface area contributed by atoms with Gasteiger partial charge in [0.1, 0.15) is 17.4 Å². The maximum atomic E-state index is 12.4. The van der Waals surface area contributed by atoms with Gasteiger partial charge in [0.05, 0.1) is 13.2 Å². The zero-order chi connectivity index (χ0) is 21.4. The number of anilines is 3. The van der Waals surface area contributed by atoms with Gasteiger partial charge in [0.25, 0.3) is 0 Å². The highest BCUT2D eigenvalue weighted by molar-refractivity contribution is 5.74. The number of nitrogens with zero attached hydrogens (tertiary/aromatic N) is 4. The Bertz CT molecular complexity index is 916. The lowest BCUT2D eigenvalue weighted by atomic mass is 9.89. The number of amides is 1. The van der Waals surface area contributed by atoms with Crippen molar-refractivity contribution >= 4 is 23.5 Å².